The van der Waals surface area contributed by atoms with E-state index in [9.17, 15) is 4.79 Å². The molecule has 1 amide bonds. The van der Waals surface area contributed by atoms with Gasteiger partial charge in [-0.05, 0) is 54.8 Å². The number of hydrogen-bond donors (Lipinski definition) is 1. The number of hydrogen-bond acceptors (Lipinski definition) is 6. The summed E-state index contributed by atoms with van der Waals surface area (Å²) in [6.07, 6.45) is 5.80. The number of carbonyl (C=O) groups is 1. The van der Waals surface area contributed by atoms with Gasteiger partial charge in [-0.2, -0.15) is 0 Å². The molecule has 2 aromatic heterocycles. The maximum Gasteiger partial charge on any atom is 0.290 e. The van der Waals surface area contributed by atoms with E-state index in [1.54, 1.807) is 13.2 Å². The Labute approximate surface area is 176 Å². The van der Waals surface area contributed by atoms with Crippen LogP contribution in [0.3, 0.4) is 0 Å². The highest BCUT2D eigenvalue weighted by molar-refractivity contribution is 5.91. The predicted octanol–water partition coefficient (Wildman–Crippen LogP) is 3.39. The van der Waals surface area contributed by atoms with E-state index in [1.807, 2.05) is 48.8 Å². The van der Waals surface area contributed by atoms with E-state index in [0.29, 0.717) is 6.54 Å². The summed E-state index contributed by atoms with van der Waals surface area (Å²) in [5, 5.41) is 7.07. The Morgan fingerprint density at radius 1 is 1.20 bits per heavy atom. The maximum absolute atomic E-state index is 12.5. The number of pyridine rings is 1. The van der Waals surface area contributed by atoms with Gasteiger partial charge < -0.3 is 14.6 Å². The minimum Gasteiger partial charge on any atom is -0.497 e. The normalized spacial score (nSPS) is 16.9. The summed E-state index contributed by atoms with van der Waals surface area (Å²) in [4.78, 5) is 19.0. The standard InChI is InChI=1S/C23H26N4O3/c1-29-20-6-4-17(5-7-20)14-25-23(28)22-13-21(26-30-22)19-3-2-12-27(16-19)15-18-8-10-24-11-9-18/h4-11,13,19H,2-3,12,14-16H2,1H3,(H,25,28)/t19-/m1/s1. The van der Waals surface area contributed by atoms with Crippen LogP contribution in [0.4, 0.5) is 0 Å². The van der Waals surface area contributed by atoms with Gasteiger partial charge in [0.25, 0.3) is 5.91 Å². The molecule has 30 heavy (non-hydrogen) atoms. The molecule has 1 aliphatic heterocycles. The van der Waals surface area contributed by atoms with E-state index in [2.05, 4.69) is 20.4 Å². The molecule has 3 aromatic rings. The van der Waals surface area contributed by atoms with Crippen LogP contribution in [0.1, 0.15) is 46.1 Å². The van der Waals surface area contributed by atoms with E-state index in [1.165, 1.54) is 5.56 Å². The van der Waals surface area contributed by atoms with Gasteiger partial charge in [0.15, 0.2) is 0 Å². The number of likely N-dealkylation sites (tertiary alicyclic amines) is 1. The fraction of sp³-hybridized carbons (Fsp3) is 0.348. The first-order valence-electron chi connectivity index (χ1n) is 10.2. The first-order valence-corrected chi connectivity index (χ1v) is 10.2. The van der Waals surface area contributed by atoms with Gasteiger partial charge in [-0.15, -0.1) is 0 Å². The average molecular weight is 406 g/mol. The molecule has 0 aliphatic carbocycles. The molecule has 0 spiro atoms. The van der Waals surface area contributed by atoms with Crippen LogP contribution in [0, 0.1) is 0 Å². The molecule has 0 bridgehead atoms. The van der Waals surface area contributed by atoms with Crippen LogP contribution in [0.2, 0.25) is 0 Å². The second-order valence-electron chi connectivity index (χ2n) is 7.58. The van der Waals surface area contributed by atoms with Crippen LogP contribution in [0.15, 0.2) is 59.4 Å². The fourth-order valence-electron chi connectivity index (χ4n) is 3.79. The molecule has 1 aromatic carbocycles. The number of ether oxygens (including phenoxy) is 1. The zero-order valence-corrected chi connectivity index (χ0v) is 17.1. The summed E-state index contributed by atoms with van der Waals surface area (Å²) in [5.74, 6) is 1.06. The van der Waals surface area contributed by atoms with Crippen LogP contribution in [0.25, 0.3) is 0 Å². The second kappa shape index (κ2) is 9.54. The largest absolute Gasteiger partial charge is 0.497 e. The van der Waals surface area contributed by atoms with Gasteiger partial charge in [0.05, 0.1) is 12.8 Å². The quantitative estimate of drug-likeness (QED) is 0.648. The third-order valence-corrected chi connectivity index (χ3v) is 5.44. The Morgan fingerprint density at radius 3 is 2.77 bits per heavy atom. The lowest BCUT2D eigenvalue weighted by Gasteiger charge is -2.31. The number of piperidine rings is 1. The van der Waals surface area contributed by atoms with Gasteiger partial charge >= 0.3 is 0 Å². The first kappa shape index (κ1) is 20.1. The molecular weight excluding hydrogens is 380 g/mol. The van der Waals surface area contributed by atoms with Crippen LogP contribution in [-0.2, 0) is 13.1 Å². The van der Waals surface area contributed by atoms with Gasteiger partial charge in [-0.1, -0.05) is 17.3 Å². The number of rotatable bonds is 7. The molecule has 0 unspecified atom stereocenters. The highest BCUT2D eigenvalue weighted by atomic mass is 16.5. The maximum atomic E-state index is 12.5. The van der Waals surface area contributed by atoms with Crippen molar-refractivity contribution in [3.8, 4) is 5.75 Å². The van der Waals surface area contributed by atoms with Crippen molar-refractivity contribution in [2.24, 2.45) is 0 Å². The van der Waals surface area contributed by atoms with Crippen molar-refractivity contribution in [2.75, 3.05) is 20.2 Å². The summed E-state index contributed by atoms with van der Waals surface area (Å²) in [7, 11) is 1.63. The van der Waals surface area contributed by atoms with E-state index in [0.717, 1.165) is 49.5 Å². The van der Waals surface area contributed by atoms with E-state index in [-0.39, 0.29) is 17.6 Å². The number of benzene rings is 1. The van der Waals surface area contributed by atoms with E-state index < -0.39 is 0 Å². The molecule has 1 fully saturated rings. The predicted molar refractivity (Wildman–Crippen MR) is 112 cm³/mol. The van der Waals surface area contributed by atoms with Crippen molar-refractivity contribution in [3.63, 3.8) is 0 Å². The highest BCUT2D eigenvalue weighted by Gasteiger charge is 2.25. The number of nitrogens with one attached hydrogen (secondary N) is 1. The lowest BCUT2D eigenvalue weighted by atomic mass is 9.94. The summed E-state index contributed by atoms with van der Waals surface area (Å²) >= 11 is 0. The fourth-order valence-corrected chi connectivity index (χ4v) is 3.79. The Hall–Kier alpha value is -3.19. The lowest BCUT2D eigenvalue weighted by molar-refractivity contribution is 0.0913. The molecule has 1 N–H and O–H groups in total. The van der Waals surface area contributed by atoms with Crippen molar-refractivity contribution < 1.29 is 14.1 Å². The molecule has 156 valence electrons. The molecule has 3 heterocycles. The molecular formula is C23H26N4O3. The summed E-state index contributed by atoms with van der Waals surface area (Å²) in [6.45, 7) is 3.28. The molecule has 1 saturated heterocycles. The highest BCUT2D eigenvalue weighted by Crippen LogP contribution is 2.27. The van der Waals surface area contributed by atoms with Gasteiger partial charge in [0.1, 0.15) is 5.75 Å². The minimum atomic E-state index is -0.256. The Kier molecular flexibility index (Phi) is 6.39. The van der Waals surface area contributed by atoms with Crippen LogP contribution >= 0.6 is 0 Å². The number of nitrogens with zero attached hydrogens (tertiary/aromatic N) is 3. The van der Waals surface area contributed by atoms with Crippen LogP contribution in [-0.4, -0.2) is 41.1 Å². The number of carbonyl (C=O) groups excluding carboxylic acids is 1. The zero-order valence-electron chi connectivity index (χ0n) is 17.1. The molecule has 1 atom stereocenters. The molecule has 7 heteroatoms. The monoisotopic (exact) mass is 406 g/mol. The van der Waals surface area contributed by atoms with Gasteiger partial charge in [0, 0.05) is 44.0 Å². The number of methoxy groups -OCH3 is 1. The van der Waals surface area contributed by atoms with Crippen molar-refractivity contribution in [2.45, 2.75) is 31.8 Å². The number of aromatic nitrogens is 2. The van der Waals surface area contributed by atoms with Crippen molar-refractivity contribution in [1.82, 2.24) is 20.4 Å². The van der Waals surface area contributed by atoms with E-state index >= 15 is 0 Å². The smallest absolute Gasteiger partial charge is 0.290 e. The lowest BCUT2D eigenvalue weighted by Crippen LogP contribution is -2.34. The summed E-state index contributed by atoms with van der Waals surface area (Å²) < 4.78 is 10.5. The van der Waals surface area contributed by atoms with Crippen LogP contribution < -0.4 is 10.1 Å². The second-order valence-corrected chi connectivity index (χ2v) is 7.58. The molecule has 0 radical (unpaired) electrons. The van der Waals surface area contributed by atoms with Crippen molar-refractivity contribution >= 4 is 5.91 Å². The first-order chi connectivity index (χ1) is 14.7. The Balaban J connectivity index is 1.32. The Morgan fingerprint density at radius 2 is 2.00 bits per heavy atom. The molecule has 1 aliphatic rings. The molecule has 0 saturated carbocycles. The van der Waals surface area contributed by atoms with Crippen molar-refractivity contribution in [3.05, 3.63) is 77.4 Å². The third-order valence-electron chi connectivity index (χ3n) is 5.44. The van der Waals surface area contributed by atoms with E-state index in [4.69, 9.17) is 9.26 Å². The SMILES string of the molecule is COc1ccc(CNC(=O)c2cc([C@@H]3CCCN(Cc4ccncc4)C3)no2)cc1. The molecule has 7 nitrogen and oxygen atoms in total. The minimum absolute atomic E-state index is 0.254. The van der Waals surface area contributed by atoms with Crippen LogP contribution in [0.5, 0.6) is 5.75 Å². The summed E-state index contributed by atoms with van der Waals surface area (Å²) in [6, 6.07) is 13.5. The average Bonchev–Trinajstić information content (AvgIpc) is 3.29. The third kappa shape index (κ3) is 5.04. The van der Waals surface area contributed by atoms with Gasteiger partial charge in [0.2, 0.25) is 5.76 Å². The zero-order chi connectivity index (χ0) is 20.8. The van der Waals surface area contributed by atoms with Gasteiger partial charge in [-0.3, -0.25) is 14.7 Å². The molecule has 4 rings (SSSR count). The Bertz CT molecular complexity index is 956. The topological polar surface area (TPSA) is 80.5 Å². The van der Waals surface area contributed by atoms with Crippen molar-refractivity contribution in [1.29, 1.82) is 0 Å². The van der Waals surface area contributed by atoms with Gasteiger partial charge in [-0.25, -0.2) is 0 Å². The summed E-state index contributed by atoms with van der Waals surface area (Å²) in [5.41, 5.74) is 3.09. The number of amides is 1.